The molecule has 2 saturated heterocycles. The number of fused-ring (bicyclic) bond motifs is 1. The summed E-state index contributed by atoms with van der Waals surface area (Å²) in [6.07, 6.45) is 5.67. The summed E-state index contributed by atoms with van der Waals surface area (Å²) in [4.78, 5) is 0. The van der Waals surface area contributed by atoms with E-state index in [0.717, 1.165) is 12.5 Å². The van der Waals surface area contributed by atoms with Gasteiger partial charge < -0.3 is 9.47 Å². The fraction of sp³-hybridized carbons (Fsp3) is 1.00. The number of rotatable bonds is 2. The highest BCUT2D eigenvalue weighted by Crippen LogP contribution is 2.50. The molecule has 4 atom stereocenters. The van der Waals surface area contributed by atoms with E-state index in [0.29, 0.717) is 23.7 Å². The molecule has 0 N–H and O–H groups in total. The van der Waals surface area contributed by atoms with Crippen molar-refractivity contribution in [3.05, 3.63) is 0 Å². The average molecular weight is 182 g/mol. The molecule has 0 aromatic carbocycles. The lowest BCUT2D eigenvalue weighted by Gasteiger charge is -2.34. The molecule has 3 aliphatic rings. The van der Waals surface area contributed by atoms with Gasteiger partial charge in [0, 0.05) is 0 Å². The van der Waals surface area contributed by atoms with Gasteiger partial charge in [-0.1, -0.05) is 13.8 Å². The van der Waals surface area contributed by atoms with Gasteiger partial charge >= 0.3 is 0 Å². The second-order valence-electron chi connectivity index (χ2n) is 5.37. The monoisotopic (exact) mass is 182 g/mol. The normalized spacial score (nSPS) is 48.5. The predicted octanol–water partition coefficient (Wildman–Crippen LogP) is 1.98. The van der Waals surface area contributed by atoms with E-state index in [1.807, 2.05) is 0 Å². The van der Waals surface area contributed by atoms with Crippen LogP contribution >= 0.6 is 0 Å². The molecule has 1 saturated carbocycles. The third kappa shape index (κ3) is 1.31. The van der Waals surface area contributed by atoms with Gasteiger partial charge in [-0.25, -0.2) is 0 Å². The number of hydrogen-bond acceptors (Lipinski definition) is 2. The van der Waals surface area contributed by atoms with Gasteiger partial charge in [-0.15, -0.1) is 0 Å². The summed E-state index contributed by atoms with van der Waals surface area (Å²) in [5.74, 6) is 0.823. The third-order valence-corrected chi connectivity index (χ3v) is 4.22. The van der Waals surface area contributed by atoms with Gasteiger partial charge in [-0.3, -0.25) is 0 Å². The first-order valence-corrected chi connectivity index (χ1v) is 5.45. The van der Waals surface area contributed by atoms with Crippen LogP contribution in [0.1, 0.15) is 33.1 Å². The summed E-state index contributed by atoms with van der Waals surface area (Å²) in [6.45, 7) is 5.70. The van der Waals surface area contributed by atoms with Gasteiger partial charge in [0.2, 0.25) is 0 Å². The minimum atomic E-state index is 0.386. The minimum Gasteiger partial charge on any atom is -0.373 e. The summed E-state index contributed by atoms with van der Waals surface area (Å²) in [6, 6.07) is 0. The maximum absolute atomic E-state index is 5.56. The van der Waals surface area contributed by atoms with Crippen LogP contribution in [0.5, 0.6) is 0 Å². The molecule has 0 aromatic rings. The lowest BCUT2D eigenvalue weighted by molar-refractivity contribution is 0.121. The average Bonchev–Trinajstić information content (AvgIpc) is 2.98. The molecular formula is C11H18O2. The van der Waals surface area contributed by atoms with Gasteiger partial charge in [0.05, 0.1) is 24.9 Å². The Morgan fingerprint density at radius 3 is 2.54 bits per heavy atom. The van der Waals surface area contributed by atoms with Crippen molar-refractivity contribution in [2.45, 2.75) is 51.4 Å². The Labute approximate surface area is 79.6 Å². The summed E-state index contributed by atoms with van der Waals surface area (Å²) >= 11 is 0. The van der Waals surface area contributed by atoms with Crippen LogP contribution in [0.15, 0.2) is 0 Å². The molecule has 2 heterocycles. The summed E-state index contributed by atoms with van der Waals surface area (Å²) < 4.78 is 11.0. The Morgan fingerprint density at radius 2 is 1.92 bits per heavy atom. The molecule has 0 radical (unpaired) electrons. The van der Waals surface area contributed by atoms with Crippen LogP contribution in [0.4, 0.5) is 0 Å². The zero-order valence-corrected chi connectivity index (χ0v) is 8.45. The van der Waals surface area contributed by atoms with E-state index < -0.39 is 0 Å². The summed E-state index contributed by atoms with van der Waals surface area (Å²) in [7, 11) is 0. The molecule has 2 aliphatic heterocycles. The highest BCUT2D eigenvalue weighted by molar-refractivity contribution is 5.00. The molecule has 0 bridgehead atoms. The smallest absolute Gasteiger partial charge is 0.0863 e. The van der Waals surface area contributed by atoms with Crippen LogP contribution < -0.4 is 0 Å². The van der Waals surface area contributed by atoms with Crippen LogP contribution in [-0.2, 0) is 9.47 Å². The minimum absolute atomic E-state index is 0.386. The molecule has 74 valence electrons. The van der Waals surface area contributed by atoms with Crippen molar-refractivity contribution >= 4 is 0 Å². The van der Waals surface area contributed by atoms with Crippen LogP contribution in [0, 0.1) is 11.3 Å². The van der Waals surface area contributed by atoms with Crippen LogP contribution in [0.25, 0.3) is 0 Å². The van der Waals surface area contributed by atoms with Crippen LogP contribution in [-0.4, -0.2) is 24.9 Å². The molecular weight excluding hydrogens is 164 g/mol. The zero-order valence-electron chi connectivity index (χ0n) is 8.45. The van der Waals surface area contributed by atoms with Gasteiger partial charge in [-0.2, -0.15) is 0 Å². The zero-order chi connectivity index (χ0) is 9.05. The molecule has 13 heavy (non-hydrogen) atoms. The Hall–Kier alpha value is -0.0800. The Morgan fingerprint density at radius 1 is 1.15 bits per heavy atom. The lowest BCUT2D eigenvalue weighted by Crippen LogP contribution is -2.33. The van der Waals surface area contributed by atoms with Crippen molar-refractivity contribution in [3.8, 4) is 0 Å². The molecule has 3 rings (SSSR count). The summed E-state index contributed by atoms with van der Waals surface area (Å²) in [5, 5.41) is 0. The Bertz CT molecular complexity index is 220. The van der Waals surface area contributed by atoms with E-state index in [9.17, 15) is 0 Å². The van der Waals surface area contributed by atoms with Crippen LogP contribution in [0.3, 0.4) is 0 Å². The largest absolute Gasteiger partial charge is 0.373 e. The quantitative estimate of drug-likeness (QED) is 0.610. The molecule has 3 fully saturated rings. The van der Waals surface area contributed by atoms with Gasteiger partial charge in [0.25, 0.3) is 0 Å². The van der Waals surface area contributed by atoms with Crippen molar-refractivity contribution in [1.82, 2.24) is 0 Å². The number of ether oxygens (including phenoxy) is 2. The lowest BCUT2D eigenvalue weighted by atomic mass is 9.69. The fourth-order valence-corrected chi connectivity index (χ4v) is 2.82. The standard InChI is InChI=1S/C11H18O2/c1-11(2,10-6-12-10)7-3-4-8-9(5-7)13-8/h7-10H,3-6H2,1-2H3. The molecule has 4 unspecified atom stereocenters. The van der Waals surface area contributed by atoms with Crippen molar-refractivity contribution < 1.29 is 9.47 Å². The SMILES string of the molecule is CC(C)(C1CCC2OC2C1)C1CO1. The number of hydrogen-bond donors (Lipinski definition) is 0. The Balaban J connectivity index is 1.69. The highest BCUT2D eigenvalue weighted by atomic mass is 16.6. The van der Waals surface area contributed by atoms with E-state index in [-0.39, 0.29) is 0 Å². The van der Waals surface area contributed by atoms with Gasteiger partial charge in [0.1, 0.15) is 0 Å². The second kappa shape index (κ2) is 2.48. The maximum atomic E-state index is 5.56. The molecule has 2 nitrogen and oxygen atoms in total. The molecule has 0 spiro atoms. The van der Waals surface area contributed by atoms with E-state index in [1.54, 1.807) is 0 Å². The van der Waals surface area contributed by atoms with Gasteiger partial charge in [-0.05, 0) is 30.6 Å². The van der Waals surface area contributed by atoms with Crippen molar-refractivity contribution in [2.24, 2.45) is 11.3 Å². The second-order valence-corrected chi connectivity index (χ2v) is 5.37. The maximum Gasteiger partial charge on any atom is 0.0863 e. The van der Waals surface area contributed by atoms with Crippen molar-refractivity contribution in [1.29, 1.82) is 0 Å². The topological polar surface area (TPSA) is 25.1 Å². The first kappa shape index (κ1) is 8.25. The number of epoxide rings is 2. The first-order valence-electron chi connectivity index (χ1n) is 5.45. The predicted molar refractivity (Wildman–Crippen MR) is 49.5 cm³/mol. The van der Waals surface area contributed by atoms with E-state index >= 15 is 0 Å². The van der Waals surface area contributed by atoms with E-state index in [4.69, 9.17) is 9.47 Å². The van der Waals surface area contributed by atoms with E-state index in [2.05, 4.69) is 13.8 Å². The van der Waals surface area contributed by atoms with Crippen molar-refractivity contribution in [3.63, 3.8) is 0 Å². The molecule has 0 aromatic heterocycles. The molecule has 1 aliphatic carbocycles. The Kier molecular flexibility index (Phi) is 1.58. The van der Waals surface area contributed by atoms with Crippen molar-refractivity contribution in [2.75, 3.05) is 6.61 Å². The van der Waals surface area contributed by atoms with Crippen LogP contribution in [0.2, 0.25) is 0 Å². The first-order chi connectivity index (χ1) is 6.18. The summed E-state index contributed by atoms with van der Waals surface area (Å²) in [5.41, 5.74) is 0.386. The highest BCUT2D eigenvalue weighted by Gasteiger charge is 2.52. The molecule has 0 amide bonds. The molecule has 2 heteroatoms. The van der Waals surface area contributed by atoms with E-state index in [1.165, 1.54) is 19.3 Å². The fourth-order valence-electron chi connectivity index (χ4n) is 2.82. The third-order valence-electron chi connectivity index (χ3n) is 4.22. The van der Waals surface area contributed by atoms with Gasteiger partial charge in [0.15, 0.2) is 0 Å².